The van der Waals surface area contributed by atoms with Crippen molar-refractivity contribution in [2.45, 2.75) is 25.7 Å². The molecule has 0 aliphatic rings. The van der Waals surface area contributed by atoms with Crippen LogP contribution in [0.2, 0.25) is 5.02 Å². The predicted molar refractivity (Wildman–Crippen MR) is 99.3 cm³/mol. The number of halogens is 1. The van der Waals surface area contributed by atoms with Crippen molar-refractivity contribution in [1.29, 1.82) is 0 Å². The van der Waals surface area contributed by atoms with Crippen LogP contribution in [0.5, 0.6) is 0 Å². The second kappa shape index (κ2) is 6.86. The van der Waals surface area contributed by atoms with E-state index in [2.05, 4.69) is 24.1 Å². The number of benzene rings is 1. The fraction of sp³-hybridized carbons (Fsp3) is 0.263. The molecule has 2 aromatic heterocycles. The molecule has 1 aromatic carbocycles. The maximum atomic E-state index is 12.4. The van der Waals surface area contributed by atoms with Gasteiger partial charge in [0.2, 0.25) is 0 Å². The summed E-state index contributed by atoms with van der Waals surface area (Å²) < 4.78 is 1.76. The van der Waals surface area contributed by atoms with Crippen molar-refractivity contribution in [3.05, 3.63) is 64.9 Å². The van der Waals surface area contributed by atoms with Crippen LogP contribution in [-0.2, 0) is 5.41 Å². The molecule has 130 valence electrons. The standard InChI is InChI=1S/C19H20ClN3O2/c1-19(2,9-10-24)14-5-3-13(4-6-14)18(25)22-16-12-23-11-15(20)7-8-17(23)21-16/h3-8,11-12,24H,9-10H2,1-2H3,(H,22,25). The third-order valence-corrected chi connectivity index (χ3v) is 4.55. The normalized spacial score (nSPS) is 11.7. The van der Waals surface area contributed by atoms with Crippen LogP contribution in [-0.4, -0.2) is 27.0 Å². The molecular weight excluding hydrogens is 338 g/mol. The molecule has 0 saturated carbocycles. The maximum absolute atomic E-state index is 12.4. The van der Waals surface area contributed by atoms with Crippen molar-refractivity contribution in [1.82, 2.24) is 9.38 Å². The number of carbonyl (C=O) groups excluding carboxylic acids is 1. The van der Waals surface area contributed by atoms with Crippen molar-refractivity contribution in [2.24, 2.45) is 0 Å². The van der Waals surface area contributed by atoms with Crippen LogP contribution in [0.1, 0.15) is 36.2 Å². The van der Waals surface area contributed by atoms with E-state index in [-0.39, 0.29) is 17.9 Å². The van der Waals surface area contributed by atoms with Crippen LogP contribution in [0.3, 0.4) is 0 Å². The van der Waals surface area contributed by atoms with Crippen LogP contribution >= 0.6 is 11.6 Å². The molecule has 0 bridgehead atoms. The number of hydrogen-bond acceptors (Lipinski definition) is 3. The number of rotatable bonds is 5. The van der Waals surface area contributed by atoms with Gasteiger partial charge in [0.15, 0.2) is 5.82 Å². The first kappa shape index (κ1) is 17.5. The van der Waals surface area contributed by atoms with Crippen molar-refractivity contribution < 1.29 is 9.90 Å². The summed E-state index contributed by atoms with van der Waals surface area (Å²) in [5, 5.41) is 12.6. The van der Waals surface area contributed by atoms with Gasteiger partial charge >= 0.3 is 0 Å². The summed E-state index contributed by atoms with van der Waals surface area (Å²) >= 11 is 5.95. The van der Waals surface area contributed by atoms with Gasteiger partial charge in [-0.05, 0) is 41.7 Å². The van der Waals surface area contributed by atoms with Gasteiger partial charge in [-0.25, -0.2) is 4.98 Å². The number of fused-ring (bicyclic) bond motifs is 1. The first-order chi connectivity index (χ1) is 11.9. The lowest BCUT2D eigenvalue weighted by Crippen LogP contribution is -2.19. The van der Waals surface area contributed by atoms with Gasteiger partial charge in [0, 0.05) is 18.4 Å². The number of imidazole rings is 1. The number of aliphatic hydroxyl groups is 1. The van der Waals surface area contributed by atoms with E-state index >= 15 is 0 Å². The Morgan fingerprint density at radius 2 is 1.92 bits per heavy atom. The van der Waals surface area contributed by atoms with Gasteiger partial charge in [-0.15, -0.1) is 0 Å². The molecule has 1 amide bonds. The minimum atomic E-state index is -0.221. The molecule has 25 heavy (non-hydrogen) atoms. The van der Waals surface area contributed by atoms with Gasteiger partial charge < -0.3 is 14.8 Å². The van der Waals surface area contributed by atoms with Gasteiger partial charge in [0.1, 0.15) is 5.65 Å². The third-order valence-electron chi connectivity index (χ3n) is 4.32. The molecule has 0 fully saturated rings. The van der Waals surface area contributed by atoms with E-state index in [1.165, 1.54) is 0 Å². The Morgan fingerprint density at radius 1 is 1.20 bits per heavy atom. The van der Waals surface area contributed by atoms with Crippen LogP contribution in [0.15, 0.2) is 48.8 Å². The summed E-state index contributed by atoms with van der Waals surface area (Å²) in [6.07, 6.45) is 4.12. The van der Waals surface area contributed by atoms with Crippen LogP contribution in [0.4, 0.5) is 5.82 Å². The van der Waals surface area contributed by atoms with E-state index in [1.54, 1.807) is 41.1 Å². The van der Waals surface area contributed by atoms with Gasteiger partial charge in [-0.1, -0.05) is 37.6 Å². The first-order valence-electron chi connectivity index (χ1n) is 8.06. The molecule has 0 aliphatic carbocycles. The molecule has 3 aromatic rings. The molecule has 0 spiro atoms. The Balaban J connectivity index is 1.76. The number of amides is 1. The molecule has 2 heterocycles. The largest absolute Gasteiger partial charge is 0.396 e. The Bertz CT molecular complexity index is 901. The lowest BCUT2D eigenvalue weighted by molar-refractivity contribution is 0.102. The molecule has 0 radical (unpaired) electrons. The van der Waals surface area contributed by atoms with E-state index < -0.39 is 0 Å². The lowest BCUT2D eigenvalue weighted by Gasteiger charge is -2.24. The Hall–Kier alpha value is -2.37. The van der Waals surface area contributed by atoms with Gasteiger partial charge in [0.05, 0.1) is 11.2 Å². The molecule has 0 unspecified atom stereocenters. The summed E-state index contributed by atoms with van der Waals surface area (Å²) in [7, 11) is 0. The third kappa shape index (κ3) is 3.83. The highest BCUT2D eigenvalue weighted by Crippen LogP contribution is 2.27. The van der Waals surface area contributed by atoms with Crippen molar-refractivity contribution >= 4 is 29.0 Å². The van der Waals surface area contributed by atoms with Crippen molar-refractivity contribution in [3.8, 4) is 0 Å². The second-order valence-electron chi connectivity index (χ2n) is 6.63. The summed E-state index contributed by atoms with van der Waals surface area (Å²) in [4.78, 5) is 16.8. The molecule has 6 heteroatoms. The average Bonchev–Trinajstić information content (AvgIpc) is 2.96. The molecule has 5 nitrogen and oxygen atoms in total. The number of pyridine rings is 1. The van der Waals surface area contributed by atoms with Gasteiger partial charge in [0.25, 0.3) is 5.91 Å². The first-order valence-corrected chi connectivity index (χ1v) is 8.44. The van der Waals surface area contributed by atoms with Crippen molar-refractivity contribution in [3.63, 3.8) is 0 Å². The Kier molecular flexibility index (Phi) is 4.79. The van der Waals surface area contributed by atoms with E-state index in [0.29, 0.717) is 28.5 Å². The highest BCUT2D eigenvalue weighted by atomic mass is 35.5. The second-order valence-corrected chi connectivity index (χ2v) is 7.06. The zero-order chi connectivity index (χ0) is 18.0. The van der Waals surface area contributed by atoms with Crippen LogP contribution in [0, 0.1) is 0 Å². The summed E-state index contributed by atoms with van der Waals surface area (Å²) in [5.41, 5.74) is 2.21. The Morgan fingerprint density at radius 3 is 2.60 bits per heavy atom. The van der Waals surface area contributed by atoms with Crippen LogP contribution < -0.4 is 5.32 Å². The van der Waals surface area contributed by atoms with E-state index in [0.717, 1.165) is 5.56 Å². The topological polar surface area (TPSA) is 66.6 Å². The number of aromatic nitrogens is 2. The molecule has 0 saturated heterocycles. The van der Waals surface area contributed by atoms with Crippen LogP contribution in [0.25, 0.3) is 5.65 Å². The highest BCUT2D eigenvalue weighted by molar-refractivity contribution is 6.30. The van der Waals surface area contributed by atoms with E-state index in [4.69, 9.17) is 16.7 Å². The monoisotopic (exact) mass is 357 g/mol. The van der Waals surface area contributed by atoms with E-state index in [1.807, 2.05) is 12.1 Å². The minimum absolute atomic E-state index is 0.132. The average molecular weight is 358 g/mol. The molecular formula is C19H20ClN3O2. The van der Waals surface area contributed by atoms with Gasteiger partial charge in [-0.3, -0.25) is 4.79 Å². The SMILES string of the molecule is CC(C)(CCO)c1ccc(C(=O)Nc2cn3cc(Cl)ccc3n2)cc1. The van der Waals surface area contributed by atoms with Crippen molar-refractivity contribution in [2.75, 3.05) is 11.9 Å². The van der Waals surface area contributed by atoms with Gasteiger partial charge in [-0.2, -0.15) is 0 Å². The summed E-state index contributed by atoms with van der Waals surface area (Å²) in [5.74, 6) is 0.248. The molecule has 2 N–H and O–H groups in total. The molecule has 0 aliphatic heterocycles. The summed E-state index contributed by atoms with van der Waals surface area (Å²) in [6.45, 7) is 4.27. The lowest BCUT2D eigenvalue weighted by atomic mass is 9.81. The molecule has 3 rings (SSSR count). The Labute approximate surface area is 151 Å². The fourth-order valence-corrected chi connectivity index (χ4v) is 2.88. The quantitative estimate of drug-likeness (QED) is 0.727. The number of aliphatic hydroxyl groups excluding tert-OH is 1. The minimum Gasteiger partial charge on any atom is -0.396 e. The number of nitrogens with zero attached hydrogens (tertiary/aromatic N) is 2. The number of carbonyl (C=O) groups is 1. The number of nitrogens with one attached hydrogen (secondary N) is 1. The molecule has 0 atom stereocenters. The number of anilines is 1. The highest BCUT2D eigenvalue weighted by Gasteiger charge is 2.20. The smallest absolute Gasteiger partial charge is 0.256 e. The zero-order valence-electron chi connectivity index (χ0n) is 14.2. The maximum Gasteiger partial charge on any atom is 0.256 e. The van der Waals surface area contributed by atoms with E-state index in [9.17, 15) is 4.79 Å². The number of hydrogen-bond donors (Lipinski definition) is 2. The predicted octanol–water partition coefficient (Wildman–Crippen LogP) is 3.90. The fourth-order valence-electron chi connectivity index (χ4n) is 2.71. The summed E-state index contributed by atoms with van der Waals surface area (Å²) in [6, 6.07) is 11.0. The zero-order valence-corrected chi connectivity index (χ0v) is 14.9.